The Balaban J connectivity index is 2.06. The molecule has 8 heteroatoms. The normalized spacial score (nSPS) is 21.5. The van der Waals surface area contributed by atoms with Gasteiger partial charge in [-0.2, -0.15) is 0 Å². The summed E-state index contributed by atoms with van der Waals surface area (Å²) in [6.45, 7) is 0.824. The fourth-order valence-electron chi connectivity index (χ4n) is 2.28. The van der Waals surface area contributed by atoms with E-state index in [9.17, 15) is 16.8 Å². The summed E-state index contributed by atoms with van der Waals surface area (Å²) in [5.41, 5.74) is 1.05. The molecule has 0 bridgehead atoms. The Labute approximate surface area is 125 Å². The third-order valence-electron chi connectivity index (χ3n) is 3.45. The van der Waals surface area contributed by atoms with Crippen LogP contribution < -0.4 is 10.0 Å². The lowest BCUT2D eigenvalue weighted by atomic mass is 10.1. The maximum Gasteiger partial charge on any atom is 0.240 e. The van der Waals surface area contributed by atoms with Gasteiger partial charge in [0.15, 0.2) is 9.84 Å². The van der Waals surface area contributed by atoms with Crippen molar-refractivity contribution in [3.63, 3.8) is 0 Å². The summed E-state index contributed by atoms with van der Waals surface area (Å²) in [7, 11) is -4.90. The van der Waals surface area contributed by atoms with Gasteiger partial charge in [0, 0.05) is 6.04 Å². The van der Waals surface area contributed by atoms with Crippen LogP contribution in [0.15, 0.2) is 29.2 Å². The topological polar surface area (TPSA) is 92.3 Å². The largest absolute Gasteiger partial charge is 0.319 e. The molecule has 1 unspecified atom stereocenters. The van der Waals surface area contributed by atoms with Gasteiger partial charge in [0.2, 0.25) is 10.0 Å². The predicted octanol–water partition coefficient (Wildman–Crippen LogP) is -0.0861. The third kappa shape index (κ3) is 4.50. The molecular formula is C13H20N2O4S2. The number of rotatable bonds is 6. The van der Waals surface area contributed by atoms with Crippen LogP contribution in [0, 0.1) is 0 Å². The first-order valence-corrected chi connectivity index (χ1v) is 10.1. The zero-order chi connectivity index (χ0) is 15.5. The lowest BCUT2D eigenvalue weighted by molar-refractivity contribution is 0.562. The van der Waals surface area contributed by atoms with E-state index < -0.39 is 25.9 Å². The fourth-order valence-corrected chi connectivity index (χ4v) is 5.33. The number of hydrogen-bond acceptors (Lipinski definition) is 5. The van der Waals surface area contributed by atoms with Gasteiger partial charge < -0.3 is 5.32 Å². The number of nitrogens with one attached hydrogen (secondary N) is 2. The molecule has 0 spiro atoms. The average Bonchev–Trinajstić information content (AvgIpc) is 2.75. The second kappa shape index (κ2) is 6.43. The van der Waals surface area contributed by atoms with E-state index in [1.807, 2.05) is 7.05 Å². The molecule has 1 aromatic rings. The molecule has 1 atom stereocenters. The van der Waals surface area contributed by atoms with Crippen LogP contribution in [0.4, 0.5) is 0 Å². The molecule has 1 saturated heterocycles. The highest BCUT2D eigenvalue weighted by molar-refractivity contribution is 7.92. The lowest BCUT2D eigenvalue weighted by Crippen LogP contribution is -2.35. The summed E-state index contributed by atoms with van der Waals surface area (Å²) in [5, 5.41) is 3.03. The number of sulfonamides is 1. The summed E-state index contributed by atoms with van der Waals surface area (Å²) >= 11 is 0. The van der Waals surface area contributed by atoms with Crippen LogP contribution >= 0.6 is 0 Å². The highest BCUT2D eigenvalue weighted by Crippen LogP contribution is 2.16. The minimum absolute atomic E-state index is 0.0448. The summed E-state index contributed by atoms with van der Waals surface area (Å²) < 4.78 is 49.6. The maximum atomic E-state index is 12.2. The van der Waals surface area contributed by atoms with Crippen molar-refractivity contribution in [1.82, 2.24) is 10.0 Å². The molecule has 118 valence electrons. The average molecular weight is 332 g/mol. The lowest BCUT2D eigenvalue weighted by Gasteiger charge is -2.12. The van der Waals surface area contributed by atoms with E-state index in [-0.39, 0.29) is 16.4 Å². The van der Waals surface area contributed by atoms with Crippen molar-refractivity contribution >= 4 is 19.9 Å². The number of sulfone groups is 1. The first kappa shape index (κ1) is 16.4. The van der Waals surface area contributed by atoms with Gasteiger partial charge in [-0.3, -0.25) is 0 Å². The molecular weight excluding hydrogens is 312 g/mol. The van der Waals surface area contributed by atoms with Crippen molar-refractivity contribution in [1.29, 1.82) is 0 Å². The molecule has 1 fully saturated rings. The van der Waals surface area contributed by atoms with Gasteiger partial charge in [0.1, 0.15) is 0 Å². The molecule has 0 aliphatic carbocycles. The van der Waals surface area contributed by atoms with Gasteiger partial charge in [-0.15, -0.1) is 0 Å². The standard InChI is InChI=1S/C13H20N2O4S2/c1-14-8-6-11-2-4-13(5-3-11)21(18,19)15-12-7-9-20(16,17)10-12/h2-5,12,14-15H,6-10H2,1H3. The molecule has 1 heterocycles. The Morgan fingerprint density at radius 3 is 2.43 bits per heavy atom. The van der Waals surface area contributed by atoms with Crippen LogP contribution in [0.25, 0.3) is 0 Å². The Morgan fingerprint density at radius 2 is 1.90 bits per heavy atom. The quantitative estimate of drug-likeness (QED) is 0.760. The number of likely N-dealkylation sites (N-methyl/N-ethyl adjacent to an activating group) is 1. The van der Waals surface area contributed by atoms with Crippen LogP contribution in [0.3, 0.4) is 0 Å². The zero-order valence-electron chi connectivity index (χ0n) is 11.9. The minimum Gasteiger partial charge on any atom is -0.319 e. The van der Waals surface area contributed by atoms with Crippen LogP contribution in [-0.2, 0) is 26.3 Å². The van der Waals surface area contributed by atoms with E-state index in [1.54, 1.807) is 24.3 Å². The molecule has 2 rings (SSSR count). The van der Waals surface area contributed by atoms with Crippen molar-refractivity contribution in [3.05, 3.63) is 29.8 Å². The molecule has 1 aliphatic rings. The fraction of sp³-hybridized carbons (Fsp3) is 0.538. The molecule has 21 heavy (non-hydrogen) atoms. The third-order valence-corrected chi connectivity index (χ3v) is 6.76. The van der Waals surface area contributed by atoms with E-state index >= 15 is 0 Å². The summed E-state index contributed by atoms with van der Waals surface area (Å²) in [6.07, 6.45) is 1.16. The van der Waals surface area contributed by atoms with E-state index in [2.05, 4.69) is 10.0 Å². The van der Waals surface area contributed by atoms with Gasteiger partial charge >= 0.3 is 0 Å². The van der Waals surface area contributed by atoms with Crippen molar-refractivity contribution < 1.29 is 16.8 Å². The van der Waals surface area contributed by atoms with Crippen molar-refractivity contribution in [3.8, 4) is 0 Å². The first-order chi connectivity index (χ1) is 9.82. The van der Waals surface area contributed by atoms with Crippen LogP contribution in [0.5, 0.6) is 0 Å². The van der Waals surface area contributed by atoms with Crippen molar-refractivity contribution in [2.24, 2.45) is 0 Å². The van der Waals surface area contributed by atoms with Crippen LogP contribution in [0.1, 0.15) is 12.0 Å². The highest BCUT2D eigenvalue weighted by atomic mass is 32.2. The Hall–Kier alpha value is -0.960. The van der Waals surface area contributed by atoms with Gasteiger partial charge in [0.25, 0.3) is 0 Å². The highest BCUT2D eigenvalue weighted by Gasteiger charge is 2.31. The number of hydrogen-bond donors (Lipinski definition) is 2. The van der Waals surface area contributed by atoms with E-state index in [0.29, 0.717) is 6.42 Å². The summed E-state index contributed by atoms with van der Waals surface area (Å²) in [4.78, 5) is 0.167. The van der Waals surface area contributed by atoms with E-state index in [1.165, 1.54) is 0 Å². The monoisotopic (exact) mass is 332 g/mol. The molecule has 0 radical (unpaired) electrons. The van der Waals surface area contributed by atoms with E-state index in [0.717, 1.165) is 18.5 Å². The summed E-state index contributed by atoms with van der Waals surface area (Å²) in [6, 6.07) is 6.13. The Kier molecular flexibility index (Phi) is 5.03. The SMILES string of the molecule is CNCCc1ccc(S(=O)(=O)NC2CCS(=O)(=O)C2)cc1. The predicted molar refractivity (Wildman–Crippen MR) is 81.5 cm³/mol. The van der Waals surface area contributed by atoms with Crippen molar-refractivity contribution in [2.45, 2.75) is 23.8 Å². The molecule has 1 aliphatic heterocycles. The van der Waals surface area contributed by atoms with Gasteiger partial charge in [-0.25, -0.2) is 21.6 Å². The van der Waals surface area contributed by atoms with Crippen LogP contribution in [0.2, 0.25) is 0 Å². The zero-order valence-corrected chi connectivity index (χ0v) is 13.5. The van der Waals surface area contributed by atoms with Gasteiger partial charge in [-0.1, -0.05) is 12.1 Å². The Morgan fingerprint density at radius 1 is 1.24 bits per heavy atom. The second-order valence-corrected chi connectivity index (χ2v) is 9.16. The molecule has 2 N–H and O–H groups in total. The smallest absolute Gasteiger partial charge is 0.240 e. The molecule has 0 aromatic heterocycles. The molecule has 0 saturated carbocycles. The van der Waals surface area contributed by atoms with Crippen molar-refractivity contribution in [2.75, 3.05) is 25.1 Å². The Bertz CT molecular complexity index is 681. The molecule has 1 aromatic carbocycles. The maximum absolute atomic E-state index is 12.2. The number of benzene rings is 1. The van der Waals surface area contributed by atoms with Gasteiger partial charge in [0.05, 0.1) is 16.4 Å². The molecule has 0 amide bonds. The van der Waals surface area contributed by atoms with Crippen LogP contribution in [-0.4, -0.2) is 48.0 Å². The van der Waals surface area contributed by atoms with E-state index in [4.69, 9.17) is 0 Å². The second-order valence-electron chi connectivity index (χ2n) is 5.22. The van der Waals surface area contributed by atoms with Gasteiger partial charge in [-0.05, 0) is 44.1 Å². The summed E-state index contributed by atoms with van der Waals surface area (Å²) in [5.74, 6) is -0.0738. The minimum atomic E-state index is -3.66. The first-order valence-electron chi connectivity index (χ1n) is 6.79. The molecule has 6 nitrogen and oxygen atoms in total.